The highest BCUT2D eigenvalue weighted by atomic mass is 35.5. The maximum Gasteiger partial charge on any atom is 0.179 e. The fourth-order valence-corrected chi connectivity index (χ4v) is 28.1. The fraction of sp³-hybridized carbons (Fsp3) is 0.158. The Kier molecular flexibility index (Phi) is 24.9. The molecular weight excluding hydrogens is 1550 g/mol. The Bertz CT molecular complexity index is 5480. The second-order valence-electron chi connectivity index (χ2n) is 34.1. The van der Waals surface area contributed by atoms with Crippen LogP contribution in [0.3, 0.4) is 0 Å². The molecule has 0 saturated carbocycles. The number of hydrogen-bond acceptors (Lipinski definition) is 4. The van der Waals surface area contributed by atoms with Crippen LogP contribution in [-0.4, -0.2) is 16.1 Å². The van der Waals surface area contributed by atoms with E-state index in [0.717, 1.165) is 45.5 Å². The zero-order valence-corrected chi connectivity index (χ0v) is 77.4. The first-order valence-corrected chi connectivity index (χ1v) is 47.3. The van der Waals surface area contributed by atoms with Crippen molar-refractivity contribution >= 4 is 149 Å². The summed E-state index contributed by atoms with van der Waals surface area (Å²) in [5, 5.41) is 11.8. The van der Waals surface area contributed by atoms with Gasteiger partial charge in [-0.3, -0.25) is 0 Å². The molecule has 0 aromatic heterocycles. The molecule has 608 valence electrons. The van der Waals surface area contributed by atoms with Crippen LogP contribution in [0.2, 0.25) is 10.0 Å². The van der Waals surface area contributed by atoms with Crippen molar-refractivity contribution in [3.05, 3.63) is 450 Å². The lowest BCUT2D eigenvalue weighted by Gasteiger charge is -2.36. The minimum absolute atomic E-state index is 0.712. The summed E-state index contributed by atoms with van der Waals surface area (Å²) in [5.41, 5.74) is 36.4. The summed E-state index contributed by atoms with van der Waals surface area (Å²) in [6.07, 6.45) is 0. The van der Waals surface area contributed by atoms with Crippen LogP contribution in [0.5, 0.6) is 0 Å². The molecule has 0 N–H and O–H groups in total. The summed E-state index contributed by atoms with van der Waals surface area (Å²) in [6.45, 7) is 39.4. The van der Waals surface area contributed by atoms with Crippen LogP contribution in [-0.2, 0) is 0 Å². The van der Waals surface area contributed by atoms with E-state index in [-0.39, 0.29) is 0 Å². The molecule has 16 rings (SSSR count). The highest BCUT2D eigenvalue weighted by Gasteiger charge is 2.44. The summed E-state index contributed by atoms with van der Waals surface area (Å²) >= 11 is 13.3. The molecule has 0 bridgehead atoms. The molecule has 0 amide bonds. The molecule has 0 fully saturated rings. The standard InChI is InChI=1S/C58H58N2Si.C56H52Cl2N2Si/c1-39-11-23-51(24-12-39)61(52-25-13-40(2)14-26-52,53-27-19-49(20-28-53)59(55-31-15-41(3)35-45(55)7)56-32-16-42(4)36-46(56)8)54-29-21-50(22-30-54)60(57-33-17-43(5)37-47(57)9)58-34-18-44(6)38-48(58)10;1-37-9-29-53(41(5)33-37)59(54-30-10-38(2)34-42(54)6)47-17-25-51(26-18-47)61(49-21-13-45(57)14-22-49,50-23-15-46(58)16-24-50)52-27-19-48(20-28-52)60(55-31-11-39(3)35-43(55)7)56-32-12-40(4)36-44(56)8/h11-38H,1-10H3;9-36H,1-8H3. The molecule has 0 atom stereocenters. The molecule has 16 aromatic carbocycles. The predicted octanol–water partition coefficient (Wildman–Crippen LogP) is 26.9. The van der Waals surface area contributed by atoms with E-state index in [1.165, 1.54) is 164 Å². The lowest BCUT2D eigenvalue weighted by molar-refractivity contribution is 1.21. The van der Waals surface area contributed by atoms with Crippen molar-refractivity contribution in [3.63, 3.8) is 0 Å². The zero-order chi connectivity index (χ0) is 86.0. The van der Waals surface area contributed by atoms with Crippen molar-refractivity contribution in [2.45, 2.75) is 125 Å². The van der Waals surface area contributed by atoms with Crippen LogP contribution in [0.4, 0.5) is 68.2 Å². The van der Waals surface area contributed by atoms with E-state index < -0.39 is 16.1 Å². The van der Waals surface area contributed by atoms with E-state index in [4.69, 9.17) is 23.2 Å². The van der Waals surface area contributed by atoms with E-state index in [1.54, 1.807) is 0 Å². The monoisotopic (exact) mass is 1660 g/mol. The van der Waals surface area contributed by atoms with Crippen LogP contribution < -0.4 is 61.1 Å². The number of anilines is 12. The summed E-state index contributed by atoms with van der Waals surface area (Å²) in [4.78, 5) is 9.70. The Morgan fingerprint density at radius 3 is 0.410 bits per heavy atom. The molecule has 0 aliphatic heterocycles. The normalized spacial score (nSPS) is 11.4. The van der Waals surface area contributed by atoms with Gasteiger partial charge < -0.3 is 19.6 Å². The number of halogens is 2. The molecule has 0 heterocycles. The summed E-state index contributed by atoms with van der Waals surface area (Å²) in [6, 6.07) is 128. The van der Waals surface area contributed by atoms with Crippen LogP contribution in [0.15, 0.2) is 340 Å². The smallest absolute Gasteiger partial charge is 0.179 e. The minimum atomic E-state index is -3.01. The van der Waals surface area contributed by atoms with Crippen LogP contribution in [0.25, 0.3) is 0 Å². The quantitative estimate of drug-likeness (QED) is 0.0557. The van der Waals surface area contributed by atoms with E-state index in [9.17, 15) is 0 Å². The van der Waals surface area contributed by atoms with Crippen molar-refractivity contribution in [2.75, 3.05) is 19.6 Å². The maximum absolute atomic E-state index is 6.64. The predicted molar refractivity (Wildman–Crippen MR) is 534 cm³/mol. The van der Waals surface area contributed by atoms with Crippen molar-refractivity contribution in [1.82, 2.24) is 0 Å². The number of aryl methyl sites for hydroxylation is 18. The van der Waals surface area contributed by atoms with Gasteiger partial charge >= 0.3 is 0 Å². The molecule has 16 aromatic rings. The molecule has 8 heteroatoms. The minimum Gasteiger partial charge on any atom is -0.310 e. The van der Waals surface area contributed by atoms with Crippen molar-refractivity contribution in [2.24, 2.45) is 0 Å². The number of hydrogen-bond donors (Lipinski definition) is 0. The number of benzene rings is 16. The Hall–Kier alpha value is -12.3. The van der Waals surface area contributed by atoms with Crippen LogP contribution >= 0.6 is 23.2 Å². The average molecular weight is 1660 g/mol. The van der Waals surface area contributed by atoms with Gasteiger partial charge in [0.25, 0.3) is 0 Å². The largest absolute Gasteiger partial charge is 0.310 e. The zero-order valence-electron chi connectivity index (χ0n) is 73.9. The Morgan fingerprint density at radius 2 is 0.270 bits per heavy atom. The summed E-state index contributed by atoms with van der Waals surface area (Å²) in [7, 11) is -5.89. The summed E-state index contributed by atoms with van der Waals surface area (Å²) < 4.78 is 0. The third-order valence-corrected chi connectivity index (χ3v) is 34.6. The lowest BCUT2D eigenvalue weighted by Crippen LogP contribution is -2.74. The second kappa shape index (κ2) is 35.8. The molecule has 122 heavy (non-hydrogen) atoms. The molecular formula is C114H110Cl2N4Si2. The molecule has 0 unspecified atom stereocenters. The van der Waals surface area contributed by atoms with Gasteiger partial charge in [-0.25, -0.2) is 0 Å². The number of nitrogens with zero attached hydrogens (tertiary/aromatic N) is 4. The van der Waals surface area contributed by atoms with Crippen LogP contribution in [0.1, 0.15) is 100 Å². The van der Waals surface area contributed by atoms with E-state index in [1.807, 2.05) is 24.3 Å². The Labute approximate surface area is 737 Å². The van der Waals surface area contributed by atoms with E-state index in [0.29, 0.717) is 10.0 Å². The van der Waals surface area contributed by atoms with Gasteiger partial charge in [0.15, 0.2) is 16.1 Å². The molecule has 0 aliphatic rings. The lowest BCUT2D eigenvalue weighted by atomic mass is 10.0. The van der Waals surface area contributed by atoms with Crippen molar-refractivity contribution in [1.29, 1.82) is 0 Å². The van der Waals surface area contributed by atoms with Gasteiger partial charge in [-0.05, 0) is 332 Å². The van der Waals surface area contributed by atoms with E-state index in [2.05, 4.69) is 460 Å². The van der Waals surface area contributed by atoms with Crippen molar-refractivity contribution in [3.8, 4) is 0 Å². The first kappa shape index (κ1) is 84.7. The molecule has 0 aliphatic carbocycles. The van der Waals surface area contributed by atoms with Gasteiger partial charge in [0.2, 0.25) is 0 Å². The second-order valence-corrected chi connectivity index (χ2v) is 42.6. The van der Waals surface area contributed by atoms with Crippen LogP contribution in [0, 0.1) is 125 Å². The van der Waals surface area contributed by atoms with Gasteiger partial charge in [0, 0.05) is 78.3 Å². The third kappa shape index (κ3) is 17.1. The van der Waals surface area contributed by atoms with Gasteiger partial charge in [-0.1, -0.05) is 297 Å². The maximum atomic E-state index is 6.64. The Morgan fingerprint density at radius 1 is 0.148 bits per heavy atom. The van der Waals surface area contributed by atoms with Gasteiger partial charge in [0.05, 0.1) is 0 Å². The SMILES string of the molecule is Cc1ccc(N(c2ccc([Si](c3ccc(Cl)cc3)(c3ccc(Cl)cc3)c3ccc(N(c4ccc(C)cc4C)c4ccc(C)cc4C)cc3)cc2)c2ccc(C)cc2C)c(C)c1.Cc1ccc([Si](c2ccc(C)cc2)(c2ccc(N(c3ccc(C)cc3C)c3ccc(C)cc3C)cc2)c2ccc(N(c3ccc(C)cc3C)c3ccc(C)cc3C)cc2)cc1. The highest BCUT2D eigenvalue weighted by Crippen LogP contribution is 2.44. The average Bonchev–Trinajstić information content (AvgIpc) is 0.729. The van der Waals surface area contributed by atoms with Gasteiger partial charge in [0.1, 0.15) is 0 Å². The Balaban J connectivity index is 0.000000190. The van der Waals surface area contributed by atoms with Gasteiger partial charge in [-0.15, -0.1) is 0 Å². The first-order valence-electron chi connectivity index (χ1n) is 42.5. The van der Waals surface area contributed by atoms with Crippen molar-refractivity contribution < 1.29 is 0 Å². The molecule has 0 saturated heterocycles. The third-order valence-electron chi connectivity index (χ3n) is 24.5. The number of rotatable bonds is 20. The fourth-order valence-electron chi connectivity index (χ4n) is 18.5. The van der Waals surface area contributed by atoms with Gasteiger partial charge in [-0.2, -0.15) is 0 Å². The topological polar surface area (TPSA) is 13.0 Å². The highest BCUT2D eigenvalue weighted by molar-refractivity contribution is 7.20. The molecule has 0 radical (unpaired) electrons. The molecule has 0 spiro atoms. The van der Waals surface area contributed by atoms with E-state index >= 15 is 0 Å². The summed E-state index contributed by atoms with van der Waals surface area (Å²) in [5.74, 6) is 0. The first-order chi connectivity index (χ1) is 58.7. The molecule has 4 nitrogen and oxygen atoms in total.